The maximum Gasteiger partial charge on any atom is 0.425 e. The van der Waals surface area contributed by atoms with Crippen LogP contribution in [0.1, 0.15) is 107 Å². The molecular weight excluding hydrogens is 622 g/mol. The van der Waals surface area contributed by atoms with Crippen LogP contribution in [0.5, 0.6) is 0 Å². The average Bonchev–Trinajstić information content (AvgIpc) is 3.27. The van der Waals surface area contributed by atoms with Crippen molar-refractivity contribution in [3.05, 3.63) is 23.4 Å². The minimum Gasteiger partial charge on any atom is -0.457 e. The fourth-order valence-corrected chi connectivity index (χ4v) is 5.61. The van der Waals surface area contributed by atoms with E-state index in [1.165, 1.54) is 4.90 Å². The van der Waals surface area contributed by atoms with Crippen LogP contribution in [0, 0.1) is 18.3 Å². The Morgan fingerprint density at radius 1 is 0.917 bits per heavy atom. The predicted octanol–water partition coefficient (Wildman–Crippen LogP) is 6.51. The second kappa shape index (κ2) is 13.5. The summed E-state index contributed by atoms with van der Waals surface area (Å²) in [6.07, 6.45) is -2.22. The van der Waals surface area contributed by atoms with Crippen molar-refractivity contribution in [2.75, 3.05) is 18.0 Å². The Balaban J connectivity index is 1.99. The number of pyridine rings is 1. The van der Waals surface area contributed by atoms with Gasteiger partial charge in [-0.25, -0.2) is 24.2 Å². The minimum atomic E-state index is -1.45. The fourth-order valence-electron chi connectivity index (χ4n) is 5.61. The molecule has 3 atom stereocenters. The van der Waals surface area contributed by atoms with Crippen molar-refractivity contribution in [1.29, 1.82) is 0 Å². The molecule has 0 bridgehead atoms. The molecule has 1 aromatic rings. The second-order valence-corrected chi connectivity index (χ2v) is 16.2. The molecule has 0 aliphatic carbocycles. The molecule has 3 heterocycles. The maximum absolute atomic E-state index is 13.8. The van der Waals surface area contributed by atoms with E-state index in [-0.39, 0.29) is 31.7 Å². The highest BCUT2D eigenvalue weighted by molar-refractivity contribution is 6.08. The normalized spacial score (nSPS) is 22.3. The summed E-state index contributed by atoms with van der Waals surface area (Å²) in [6.45, 7) is 22.6. The number of rotatable bonds is 7. The molecule has 0 aromatic carbocycles. The van der Waals surface area contributed by atoms with Gasteiger partial charge in [0.2, 0.25) is 5.60 Å². The highest BCUT2D eigenvalue weighted by Gasteiger charge is 2.69. The Hall–Kier alpha value is -3.90. The van der Waals surface area contributed by atoms with Crippen LogP contribution >= 0.6 is 0 Å². The molecule has 1 unspecified atom stereocenters. The first-order valence-electron chi connectivity index (χ1n) is 16.4. The van der Waals surface area contributed by atoms with Crippen molar-refractivity contribution in [3.63, 3.8) is 0 Å². The molecule has 13 nitrogen and oxygen atoms in total. The third-order valence-corrected chi connectivity index (χ3v) is 7.87. The van der Waals surface area contributed by atoms with Gasteiger partial charge in [-0.1, -0.05) is 13.3 Å². The van der Waals surface area contributed by atoms with Crippen molar-refractivity contribution in [1.82, 2.24) is 9.88 Å². The first kappa shape index (κ1) is 38.5. The van der Waals surface area contributed by atoms with Crippen LogP contribution in [-0.2, 0) is 39.7 Å². The summed E-state index contributed by atoms with van der Waals surface area (Å²) in [5.74, 6) is -1.62. The summed E-state index contributed by atoms with van der Waals surface area (Å²) in [7, 11) is 0. The molecule has 2 aliphatic heterocycles. The quantitative estimate of drug-likeness (QED) is 0.230. The van der Waals surface area contributed by atoms with Gasteiger partial charge in [0.05, 0.1) is 6.54 Å². The smallest absolute Gasteiger partial charge is 0.425 e. The Kier molecular flexibility index (Phi) is 10.9. The van der Waals surface area contributed by atoms with E-state index >= 15 is 0 Å². The number of aryl methyl sites for hydroxylation is 1. The summed E-state index contributed by atoms with van der Waals surface area (Å²) in [5, 5.41) is 0. The number of nitrogens with zero attached hydrogens (tertiary/aromatic N) is 3. The molecule has 268 valence electrons. The molecule has 1 aromatic heterocycles. The lowest BCUT2D eigenvalue weighted by atomic mass is 9.67. The summed E-state index contributed by atoms with van der Waals surface area (Å²) >= 11 is 0. The van der Waals surface area contributed by atoms with Gasteiger partial charge in [0, 0.05) is 18.2 Å². The number of cyclic esters (lactones) is 1. The second-order valence-electron chi connectivity index (χ2n) is 16.2. The highest BCUT2D eigenvalue weighted by Crippen LogP contribution is 2.50. The maximum atomic E-state index is 13.8. The Morgan fingerprint density at radius 2 is 1.46 bits per heavy atom. The van der Waals surface area contributed by atoms with Crippen LogP contribution in [0.4, 0.5) is 20.2 Å². The number of likely N-dealkylation sites (tertiary alicyclic amines) is 1. The van der Waals surface area contributed by atoms with Gasteiger partial charge in [0.25, 0.3) is 0 Å². The number of carbonyl (C=O) groups excluding carboxylic acids is 5. The lowest BCUT2D eigenvalue weighted by molar-refractivity contribution is -0.247. The van der Waals surface area contributed by atoms with Crippen molar-refractivity contribution >= 4 is 36.0 Å². The average molecular weight is 676 g/mol. The number of imide groups is 1. The van der Waals surface area contributed by atoms with Gasteiger partial charge >= 0.3 is 30.2 Å². The molecule has 0 radical (unpaired) electrons. The summed E-state index contributed by atoms with van der Waals surface area (Å²) < 4.78 is 28.3. The number of carbonyl (C=O) groups is 5. The van der Waals surface area contributed by atoms with Crippen molar-refractivity contribution in [2.24, 2.45) is 11.3 Å². The van der Waals surface area contributed by atoms with E-state index in [2.05, 4.69) is 4.98 Å². The molecular formula is C35H53N3O10. The van der Waals surface area contributed by atoms with E-state index < -0.39 is 70.1 Å². The number of hydrogen-bond acceptors (Lipinski definition) is 11. The third-order valence-electron chi connectivity index (χ3n) is 7.87. The van der Waals surface area contributed by atoms with Gasteiger partial charge in [-0.15, -0.1) is 0 Å². The van der Waals surface area contributed by atoms with E-state index in [0.717, 1.165) is 4.90 Å². The number of esters is 2. The van der Waals surface area contributed by atoms with E-state index in [4.69, 9.17) is 23.7 Å². The lowest BCUT2D eigenvalue weighted by Gasteiger charge is -2.51. The monoisotopic (exact) mass is 675 g/mol. The van der Waals surface area contributed by atoms with Crippen molar-refractivity contribution < 1.29 is 47.7 Å². The SMILES string of the molecule is CCCC1(C(=O)O[C@@H]2CN(C(=O)OC(C)(C)C)C[C@@H]2Cc2cc(C)cc(N(C(=O)OC(C)(C)C)C(=O)OC(C)(C)C)n2)OC(=O)C1(C)C. The number of hydrogen-bond donors (Lipinski definition) is 0. The summed E-state index contributed by atoms with van der Waals surface area (Å²) in [6, 6.07) is 3.36. The molecule has 3 amide bonds. The van der Waals surface area contributed by atoms with Gasteiger partial charge in [0.15, 0.2) is 0 Å². The predicted molar refractivity (Wildman–Crippen MR) is 176 cm³/mol. The van der Waals surface area contributed by atoms with E-state index in [1.54, 1.807) is 95.2 Å². The summed E-state index contributed by atoms with van der Waals surface area (Å²) in [4.78, 5) is 72.8. The Bertz CT molecular complexity index is 1390. The molecule has 3 rings (SSSR count). The zero-order chi connectivity index (χ0) is 36.6. The largest absolute Gasteiger partial charge is 0.457 e. The van der Waals surface area contributed by atoms with E-state index in [9.17, 15) is 24.0 Å². The molecule has 2 fully saturated rings. The van der Waals surface area contributed by atoms with Crippen LogP contribution in [0.3, 0.4) is 0 Å². The minimum absolute atomic E-state index is 0.00549. The van der Waals surface area contributed by atoms with Crippen molar-refractivity contribution in [2.45, 2.75) is 138 Å². The van der Waals surface area contributed by atoms with Crippen LogP contribution in [0.25, 0.3) is 0 Å². The molecule has 2 saturated heterocycles. The van der Waals surface area contributed by atoms with Crippen molar-refractivity contribution in [3.8, 4) is 0 Å². The zero-order valence-corrected chi connectivity index (χ0v) is 30.8. The van der Waals surface area contributed by atoms with Crippen LogP contribution in [0.15, 0.2) is 12.1 Å². The van der Waals surface area contributed by atoms with Gasteiger partial charge in [0.1, 0.15) is 34.1 Å². The molecule has 13 heteroatoms. The van der Waals surface area contributed by atoms with Gasteiger partial charge < -0.3 is 28.6 Å². The van der Waals surface area contributed by atoms with Gasteiger partial charge in [-0.2, -0.15) is 4.90 Å². The Morgan fingerprint density at radius 3 is 1.92 bits per heavy atom. The molecule has 0 spiro atoms. The van der Waals surface area contributed by atoms with Crippen LogP contribution in [0.2, 0.25) is 0 Å². The fraction of sp³-hybridized carbons (Fsp3) is 0.714. The van der Waals surface area contributed by atoms with E-state index in [1.807, 2.05) is 6.92 Å². The molecule has 2 aliphatic rings. The number of ether oxygens (including phenoxy) is 5. The number of amides is 3. The topological polar surface area (TPSA) is 151 Å². The first-order chi connectivity index (χ1) is 21.8. The van der Waals surface area contributed by atoms with E-state index in [0.29, 0.717) is 17.7 Å². The third kappa shape index (κ3) is 8.96. The first-order valence-corrected chi connectivity index (χ1v) is 16.4. The molecule has 0 saturated carbocycles. The molecule has 48 heavy (non-hydrogen) atoms. The van der Waals surface area contributed by atoms with Gasteiger partial charge in [-0.3, -0.25) is 4.79 Å². The standard InChI is InChI=1S/C35H53N3O10/c1-14-15-35(34(12,13)26(39)45-35)27(40)44-24-20-37(28(41)46-31(3,4)5)19-22(24)18-23-16-21(2)17-25(36-23)38(29(42)47-32(6,7)8)30(43)48-33(9,10)11/h16-17,22,24H,14-15,18-20H2,1-13H3/t22-,24+,35?/m0/s1. The van der Waals surface area contributed by atoms with Crippen LogP contribution < -0.4 is 4.90 Å². The number of anilines is 1. The van der Waals surface area contributed by atoms with Gasteiger partial charge in [-0.05, 0) is 114 Å². The Labute approximate surface area is 283 Å². The summed E-state index contributed by atoms with van der Waals surface area (Å²) in [5.41, 5.74) is -3.94. The number of aromatic nitrogens is 1. The lowest BCUT2D eigenvalue weighted by Crippen LogP contribution is -2.69. The zero-order valence-electron chi connectivity index (χ0n) is 30.8. The molecule has 0 N–H and O–H groups in total. The highest BCUT2D eigenvalue weighted by atomic mass is 16.6. The van der Waals surface area contributed by atoms with Crippen LogP contribution in [-0.4, -0.2) is 81.7 Å².